The van der Waals surface area contributed by atoms with Gasteiger partial charge in [-0.05, 0) is 37.6 Å². The van der Waals surface area contributed by atoms with E-state index < -0.39 is 17.3 Å². The van der Waals surface area contributed by atoms with Crippen LogP contribution >= 0.6 is 24.2 Å². The third-order valence-electron chi connectivity index (χ3n) is 2.07. The highest BCUT2D eigenvalue weighted by molar-refractivity contribution is 7.81. The second-order valence-corrected chi connectivity index (χ2v) is 4.78. The molecule has 0 saturated heterocycles. The Hall–Kier alpha value is -0.870. The molecule has 0 spiro atoms. The number of benzene rings is 1. The molecular weight excluding hydrogens is 248 g/mol. The zero-order valence-electron chi connectivity index (χ0n) is 8.98. The molecule has 0 aliphatic carbocycles. The van der Waals surface area contributed by atoms with E-state index >= 15 is 0 Å². The molecule has 88 valence electrons. The van der Waals surface area contributed by atoms with E-state index in [4.69, 9.17) is 21.4 Å². The first kappa shape index (κ1) is 13.2. The van der Waals surface area contributed by atoms with E-state index in [1.165, 1.54) is 0 Å². The number of carboxylic acids is 1. The van der Waals surface area contributed by atoms with Crippen molar-refractivity contribution in [2.24, 2.45) is 0 Å². The van der Waals surface area contributed by atoms with Gasteiger partial charge in [-0.25, -0.2) is 4.79 Å². The van der Waals surface area contributed by atoms with Crippen LogP contribution in [0.1, 0.15) is 12.5 Å². The molecule has 2 unspecified atom stereocenters. The molecule has 16 heavy (non-hydrogen) atoms. The third-order valence-corrected chi connectivity index (χ3v) is 2.58. The SMILES string of the molecule is Cc1cc(Cl)ccc1OC(C(=O)O)C(C)S. The van der Waals surface area contributed by atoms with Crippen LogP contribution in [0, 0.1) is 6.92 Å². The Morgan fingerprint density at radius 3 is 2.62 bits per heavy atom. The summed E-state index contributed by atoms with van der Waals surface area (Å²) < 4.78 is 5.39. The van der Waals surface area contributed by atoms with E-state index in [0.717, 1.165) is 5.56 Å². The molecular formula is C11H13ClO3S. The molecule has 0 radical (unpaired) electrons. The van der Waals surface area contributed by atoms with Crippen molar-refractivity contribution in [3.63, 3.8) is 0 Å². The lowest BCUT2D eigenvalue weighted by Crippen LogP contribution is -2.34. The lowest BCUT2D eigenvalue weighted by Gasteiger charge is -2.19. The van der Waals surface area contributed by atoms with Gasteiger partial charge < -0.3 is 9.84 Å². The number of halogens is 1. The number of carboxylic acid groups (broad SMARTS) is 1. The summed E-state index contributed by atoms with van der Waals surface area (Å²) in [6.07, 6.45) is -0.969. The Morgan fingerprint density at radius 2 is 2.19 bits per heavy atom. The van der Waals surface area contributed by atoms with E-state index in [-0.39, 0.29) is 0 Å². The van der Waals surface area contributed by atoms with Crippen LogP contribution in [0.3, 0.4) is 0 Å². The standard InChI is InChI=1S/C11H13ClO3S/c1-6-5-8(12)3-4-9(6)15-10(7(2)16)11(13)14/h3-5,7,10,16H,1-2H3,(H,13,14). The van der Waals surface area contributed by atoms with Crippen molar-refractivity contribution in [2.45, 2.75) is 25.2 Å². The fourth-order valence-corrected chi connectivity index (χ4v) is 1.65. The average Bonchev–Trinajstić information content (AvgIpc) is 2.15. The second kappa shape index (κ2) is 5.46. The first-order valence-corrected chi connectivity index (χ1v) is 5.65. The topological polar surface area (TPSA) is 46.5 Å². The summed E-state index contributed by atoms with van der Waals surface area (Å²) in [4.78, 5) is 10.9. The summed E-state index contributed by atoms with van der Waals surface area (Å²) in [5.74, 6) is -0.519. The number of ether oxygens (including phenoxy) is 1. The van der Waals surface area contributed by atoms with E-state index in [1.807, 2.05) is 6.92 Å². The van der Waals surface area contributed by atoms with Gasteiger partial charge in [-0.2, -0.15) is 12.6 Å². The van der Waals surface area contributed by atoms with Crippen molar-refractivity contribution >= 4 is 30.2 Å². The molecule has 0 aliphatic heterocycles. The fourth-order valence-electron chi connectivity index (χ4n) is 1.24. The Bertz CT molecular complexity index is 393. The Labute approximate surface area is 105 Å². The molecule has 2 atom stereocenters. The van der Waals surface area contributed by atoms with Gasteiger partial charge in [0.25, 0.3) is 0 Å². The highest BCUT2D eigenvalue weighted by Crippen LogP contribution is 2.24. The van der Waals surface area contributed by atoms with Crippen molar-refractivity contribution in [3.05, 3.63) is 28.8 Å². The number of rotatable bonds is 4. The van der Waals surface area contributed by atoms with Gasteiger partial charge in [-0.3, -0.25) is 0 Å². The average molecular weight is 261 g/mol. The normalized spacial score (nSPS) is 14.2. The number of hydrogen-bond acceptors (Lipinski definition) is 3. The Kier molecular flexibility index (Phi) is 4.50. The lowest BCUT2D eigenvalue weighted by atomic mass is 10.2. The summed E-state index contributed by atoms with van der Waals surface area (Å²) >= 11 is 9.88. The molecule has 0 aliphatic rings. The van der Waals surface area contributed by atoms with E-state index in [9.17, 15) is 4.79 Å². The zero-order chi connectivity index (χ0) is 12.3. The van der Waals surface area contributed by atoms with Gasteiger partial charge in [0.2, 0.25) is 6.10 Å². The number of aliphatic carboxylic acids is 1. The third kappa shape index (κ3) is 3.32. The summed E-state index contributed by atoms with van der Waals surface area (Å²) in [5.41, 5.74) is 0.799. The van der Waals surface area contributed by atoms with Crippen molar-refractivity contribution in [1.82, 2.24) is 0 Å². The van der Waals surface area contributed by atoms with Gasteiger partial charge in [-0.1, -0.05) is 11.6 Å². The molecule has 1 N–H and O–H groups in total. The molecule has 0 bridgehead atoms. The summed E-state index contributed by atoms with van der Waals surface area (Å²) in [6.45, 7) is 3.48. The van der Waals surface area contributed by atoms with Crippen molar-refractivity contribution in [1.29, 1.82) is 0 Å². The molecule has 1 aromatic carbocycles. The quantitative estimate of drug-likeness (QED) is 0.819. The van der Waals surface area contributed by atoms with Crippen LogP contribution in [0.5, 0.6) is 5.75 Å². The molecule has 0 heterocycles. The Balaban J connectivity index is 2.90. The van der Waals surface area contributed by atoms with Gasteiger partial charge in [0.1, 0.15) is 5.75 Å². The number of thiol groups is 1. The van der Waals surface area contributed by atoms with Crippen molar-refractivity contribution in [3.8, 4) is 5.75 Å². The minimum atomic E-state index is -1.03. The number of hydrogen-bond donors (Lipinski definition) is 2. The molecule has 0 fully saturated rings. The zero-order valence-corrected chi connectivity index (χ0v) is 10.6. The van der Waals surface area contributed by atoms with Crippen LogP contribution in [0.15, 0.2) is 18.2 Å². The monoisotopic (exact) mass is 260 g/mol. The van der Waals surface area contributed by atoms with E-state index in [1.54, 1.807) is 25.1 Å². The minimum absolute atomic E-state index is 0.396. The van der Waals surface area contributed by atoms with Crippen LogP contribution in [0.25, 0.3) is 0 Å². The first-order chi connectivity index (χ1) is 7.41. The predicted octanol–water partition coefficient (Wildman–Crippen LogP) is 2.80. The molecule has 0 amide bonds. The van der Waals surface area contributed by atoms with Crippen LogP contribution < -0.4 is 4.74 Å². The molecule has 1 rings (SSSR count). The highest BCUT2D eigenvalue weighted by atomic mass is 35.5. The first-order valence-electron chi connectivity index (χ1n) is 4.75. The maximum Gasteiger partial charge on any atom is 0.346 e. The van der Waals surface area contributed by atoms with Crippen LogP contribution in [0.4, 0.5) is 0 Å². The van der Waals surface area contributed by atoms with Crippen LogP contribution in [-0.2, 0) is 4.79 Å². The smallest absolute Gasteiger partial charge is 0.346 e. The summed E-state index contributed by atoms with van der Waals surface area (Å²) in [5, 5.41) is 9.15. The van der Waals surface area contributed by atoms with Crippen molar-refractivity contribution < 1.29 is 14.6 Å². The highest BCUT2D eigenvalue weighted by Gasteiger charge is 2.24. The maximum atomic E-state index is 10.9. The molecule has 5 heteroatoms. The summed E-state index contributed by atoms with van der Waals surface area (Å²) in [7, 11) is 0. The van der Waals surface area contributed by atoms with E-state index in [0.29, 0.717) is 10.8 Å². The molecule has 0 saturated carbocycles. The van der Waals surface area contributed by atoms with Gasteiger partial charge in [-0.15, -0.1) is 0 Å². The van der Waals surface area contributed by atoms with Gasteiger partial charge in [0.05, 0.1) is 0 Å². The van der Waals surface area contributed by atoms with Gasteiger partial charge >= 0.3 is 5.97 Å². The lowest BCUT2D eigenvalue weighted by molar-refractivity contribution is -0.144. The van der Waals surface area contributed by atoms with E-state index in [2.05, 4.69) is 12.6 Å². The van der Waals surface area contributed by atoms with Crippen molar-refractivity contribution in [2.75, 3.05) is 0 Å². The Morgan fingerprint density at radius 1 is 1.56 bits per heavy atom. The van der Waals surface area contributed by atoms with Gasteiger partial charge in [0.15, 0.2) is 0 Å². The predicted molar refractivity (Wildman–Crippen MR) is 66.7 cm³/mol. The summed E-state index contributed by atoms with van der Waals surface area (Å²) in [6, 6.07) is 5.04. The number of carbonyl (C=O) groups is 1. The molecule has 1 aromatic rings. The van der Waals surface area contributed by atoms with Crippen LogP contribution in [-0.4, -0.2) is 22.4 Å². The number of aryl methyl sites for hydroxylation is 1. The van der Waals surface area contributed by atoms with Gasteiger partial charge in [0, 0.05) is 10.3 Å². The fraction of sp³-hybridized carbons (Fsp3) is 0.364. The maximum absolute atomic E-state index is 10.9. The molecule has 0 aromatic heterocycles. The largest absolute Gasteiger partial charge is 0.478 e. The van der Waals surface area contributed by atoms with Crippen LogP contribution in [0.2, 0.25) is 5.02 Å². The molecule has 3 nitrogen and oxygen atoms in total. The minimum Gasteiger partial charge on any atom is -0.478 e. The second-order valence-electron chi connectivity index (χ2n) is 3.53.